The predicted molar refractivity (Wildman–Crippen MR) is 58.9 cm³/mol. The molecule has 0 saturated carbocycles. The van der Waals surface area contributed by atoms with Crippen LogP contribution in [0.1, 0.15) is 35.3 Å². The number of nitrogens with zero attached hydrogens (tertiary/aromatic N) is 1. The Morgan fingerprint density at radius 1 is 1.35 bits per heavy atom. The monoisotopic (exact) mass is 237 g/mol. The summed E-state index contributed by atoms with van der Waals surface area (Å²) in [5.41, 5.74) is 0.917. The van der Waals surface area contributed by atoms with Crippen molar-refractivity contribution in [3.05, 3.63) is 35.4 Å². The number of carbonyl (C=O) groups excluding carboxylic acids is 1. The lowest BCUT2D eigenvalue weighted by atomic mass is 9.86. The van der Waals surface area contributed by atoms with Crippen molar-refractivity contribution in [3.63, 3.8) is 0 Å². The van der Waals surface area contributed by atoms with Gasteiger partial charge in [-0.3, -0.25) is 4.79 Å². The molecule has 2 aliphatic heterocycles. The molecule has 3 rings (SSSR count). The predicted octanol–water partition coefficient (Wildman–Crippen LogP) is 2.86. The summed E-state index contributed by atoms with van der Waals surface area (Å²) in [6.45, 7) is 1.98. The van der Waals surface area contributed by atoms with Crippen molar-refractivity contribution in [2.45, 2.75) is 25.3 Å². The van der Waals surface area contributed by atoms with Gasteiger partial charge in [0.2, 0.25) is 0 Å². The van der Waals surface area contributed by atoms with Crippen LogP contribution in [0.3, 0.4) is 0 Å². The van der Waals surface area contributed by atoms with Gasteiger partial charge in [-0.05, 0) is 18.1 Å². The lowest BCUT2D eigenvalue weighted by molar-refractivity contribution is -0.136. The maximum Gasteiger partial charge on any atom is 0.274 e. The fraction of sp³-hybridized carbons (Fsp3) is 0.462. The lowest BCUT2D eigenvalue weighted by Gasteiger charge is -2.40. The van der Waals surface area contributed by atoms with E-state index in [0.29, 0.717) is 24.1 Å². The van der Waals surface area contributed by atoms with Crippen molar-refractivity contribution in [2.24, 2.45) is 5.92 Å². The van der Waals surface area contributed by atoms with Crippen LogP contribution in [0.5, 0.6) is 0 Å². The van der Waals surface area contributed by atoms with Crippen LogP contribution in [-0.2, 0) is 0 Å². The quantitative estimate of drug-likeness (QED) is 0.679. The molecule has 1 aromatic carbocycles. The first kappa shape index (κ1) is 10.7. The highest BCUT2D eigenvalue weighted by Gasteiger charge is 2.56. The molecule has 1 aromatic rings. The summed E-state index contributed by atoms with van der Waals surface area (Å²) < 4.78 is 28.4. The number of fused-ring (bicyclic) bond motifs is 3. The van der Waals surface area contributed by atoms with Gasteiger partial charge in [0, 0.05) is 18.0 Å². The average molecular weight is 237 g/mol. The van der Waals surface area contributed by atoms with E-state index >= 15 is 0 Å². The molecule has 90 valence electrons. The lowest BCUT2D eigenvalue weighted by Crippen LogP contribution is -2.48. The van der Waals surface area contributed by atoms with Gasteiger partial charge >= 0.3 is 0 Å². The standard InChI is InChI=1S/C13H13F2NO/c1-8-6-7-16-11(13(8,14)15)9-4-2-3-5-10(9)12(16)17/h2-5,8,11H,6-7H2,1H3/t8-,11-/m1/s1. The minimum atomic E-state index is -2.83. The number of amides is 1. The maximum absolute atomic E-state index is 14.2. The van der Waals surface area contributed by atoms with Gasteiger partial charge in [-0.2, -0.15) is 0 Å². The van der Waals surface area contributed by atoms with Gasteiger partial charge in [-0.25, -0.2) is 8.78 Å². The van der Waals surface area contributed by atoms with Gasteiger partial charge < -0.3 is 4.90 Å². The van der Waals surface area contributed by atoms with Crippen LogP contribution < -0.4 is 0 Å². The van der Waals surface area contributed by atoms with E-state index in [-0.39, 0.29) is 5.91 Å². The summed E-state index contributed by atoms with van der Waals surface area (Å²) in [6.07, 6.45) is 0.364. The summed E-state index contributed by atoms with van der Waals surface area (Å²) in [5, 5.41) is 0. The smallest absolute Gasteiger partial charge is 0.274 e. The van der Waals surface area contributed by atoms with E-state index in [1.165, 1.54) is 4.90 Å². The molecule has 2 aliphatic rings. The molecule has 4 heteroatoms. The number of alkyl halides is 2. The van der Waals surface area contributed by atoms with Gasteiger partial charge in [0.05, 0.1) is 0 Å². The Morgan fingerprint density at radius 3 is 2.82 bits per heavy atom. The molecule has 1 fully saturated rings. The fourth-order valence-corrected chi connectivity index (χ4v) is 2.81. The molecule has 0 aliphatic carbocycles. The molecule has 2 atom stereocenters. The van der Waals surface area contributed by atoms with Crippen LogP contribution >= 0.6 is 0 Å². The third-order valence-corrected chi connectivity index (χ3v) is 3.88. The maximum atomic E-state index is 14.2. The van der Waals surface area contributed by atoms with E-state index in [2.05, 4.69) is 0 Å². The zero-order valence-electron chi connectivity index (χ0n) is 9.49. The molecular formula is C13H13F2NO. The molecule has 0 radical (unpaired) electrons. The number of hydrogen-bond acceptors (Lipinski definition) is 1. The molecule has 0 unspecified atom stereocenters. The Bertz CT molecular complexity index is 486. The minimum Gasteiger partial charge on any atom is -0.325 e. The zero-order valence-corrected chi connectivity index (χ0v) is 9.49. The van der Waals surface area contributed by atoms with E-state index in [1.54, 1.807) is 31.2 Å². The van der Waals surface area contributed by atoms with Crippen LogP contribution in [0.2, 0.25) is 0 Å². The molecule has 1 amide bonds. The van der Waals surface area contributed by atoms with Gasteiger partial charge in [0.15, 0.2) is 0 Å². The number of hydrogen-bond donors (Lipinski definition) is 0. The van der Waals surface area contributed by atoms with Gasteiger partial charge in [0.25, 0.3) is 11.8 Å². The first-order valence-corrected chi connectivity index (χ1v) is 5.81. The molecular weight excluding hydrogens is 224 g/mol. The van der Waals surface area contributed by atoms with Crippen molar-refractivity contribution >= 4 is 5.91 Å². The Hall–Kier alpha value is -1.45. The van der Waals surface area contributed by atoms with Crippen LogP contribution in [0, 0.1) is 5.92 Å². The third-order valence-electron chi connectivity index (χ3n) is 3.88. The van der Waals surface area contributed by atoms with E-state index < -0.39 is 17.9 Å². The number of piperidine rings is 1. The van der Waals surface area contributed by atoms with Gasteiger partial charge in [-0.15, -0.1) is 0 Å². The summed E-state index contributed by atoms with van der Waals surface area (Å²) in [7, 11) is 0. The second kappa shape index (κ2) is 3.28. The fourth-order valence-electron chi connectivity index (χ4n) is 2.81. The zero-order chi connectivity index (χ0) is 12.2. The van der Waals surface area contributed by atoms with E-state index in [0.717, 1.165) is 0 Å². The molecule has 0 bridgehead atoms. The van der Waals surface area contributed by atoms with Crippen LogP contribution in [0.4, 0.5) is 8.78 Å². The molecule has 0 aromatic heterocycles. The summed E-state index contributed by atoms with van der Waals surface area (Å²) in [6, 6.07) is 5.65. The Morgan fingerprint density at radius 2 is 2.06 bits per heavy atom. The molecule has 17 heavy (non-hydrogen) atoms. The SMILES string of the molecule is C[C@@H]1CCN2C(=O)c3ccccc3[C@@H]2C1(F)F. The topological polar surface area (TPSA) is 20.3 Å². The largest absolute Gasteiger partial charge is 0.325 e. The van der Waals surface area contributed by atoms with E-state index in [1.807, 2.05) is 0 Å². The first-order chi connectivity index (χ1) is 8.03. The Labute approximate surface area is 98.2 Å². The van der Waals surface area contributed by atoms with Crippen molar-refractivity contribution in [1.82, 2.24) is 4.90 Å². The molecule has 0 N–H and O–H groups in total. The van der Waals surface area contributed by atoms with Gasteiger partial charge in [-0.1, -0.05) is 25.1 Å². The summed E-state index contributed by atoms with van der Waals surface area (Å²) in [5.74, 6) is -3.76. The Kier molecular flexibility index (Phi) is 2.06. The molecule has 2 heterocycles. The van der Waals surface area contributed by atoms with Crippen molar-refractivity contribution < 1.29 is 13.6 Å². The minimum absolute atomic E-state index is 0.253. The summed E-state index contributed by atoms with van der Waals surface area (Å²) in [4.78, 5) is 13.3. The molecule has 0 spiro atoms. The highest BCUT2D eigenvalue weighted by molar-refractivity contribution is 5.99. The van der Waals surface area contributed by atoms with Crippen LogP contribution in [-0.4, -0.2) is 23.3 Å². The Balaban J connectivity index is 2.16. The van der Waals surface area contributed by atoms with E-state index in [9.17, 15) is 13.6 Å². The molecule has 1 saturated heterocycles. The first-order valence-electron chi connectivity index (χ1n) is 5.81. The van der Waals surface area contributed by atoms with Crippen molar-refractivity contribution in [3.8, 4) is 0 Å². The highest BCUT2D eigenvalue weighted by atomic mass is 19.3. The molecule has 2 nitrogen and oxygen atoms in total. The van der Waals surface area contributed by atoms with Crippen LogP contribution in [0.25, 0.3) is 0 Å². The highest BCUT2D eigenvalue weighted by Crippen LogP contribution is 2.50. The number of carbonyl (C=O) groups is 1. The van der Waals surface area contributed by atoms with Crippen LogP contribution in [0.15, 0.2) is 24.3 Å². The normalized spacial score (nSPS) is 30.1. The van der Waals surface area contributed by atoms with Crippen molar-refractivity contribution in [2.75, 3.05) is 6.54 Å². The second-order valence-electron chi connectivity index (χ2n) is 4.85. The second-order valence-corrected chi connectivity index (χ2v) is 4.85. The van der Waals surface area contributed by atoms with Gasteiger partial charge in [0.1, 0.15) is 6.04 Å². The number of benzene rings is 1. The number of rotatable bonds is 0. The van der Waals surface area contributed by atoms with Crippen molar-refractivity contribution in [1.29, 1.82) is 0 Å². The average Bonchev–Trinajstić information content (AvgIpc) is 2.60. The van der Waals surface area contributed by atoms with E-state index in [4.69, 9.17) is 0 Å². The summed E-state index contributed by atoms with van der Waals surface area (Å²) >= 11 is 0. The number of halogens is 2. The third kappa shape index (κ3) is 1.27.